The highest BCUT2D eigenvalue weighted by molar-refractivity contribution is 6.53. The maximum absolute atomic E-state index is 12.6. The zero-order valence-corrected chi connectivity index (χ0v) is 17.2. The normalized spacial score (nSPS) is 14.4. The Kier molecular flexibility index (Phi) is 5.21. The lowest BCUT2D eigenvalue weighted by molar-refractivity contribution is -0.113. The van der Waals surface area contributed by atoms with Gasteiger partial charge in [0.05, 0.1) is 28.9 Å². The highest BCUT2D eigenvalue weighted by Crippen LogP contribution is 2.35. The van der Waals surface area contributed by atoms with Crippen molar-refractivity contribution in [2.45, 2.75) is 20.4 Å². The van der Waals surface area contributed by atoms with E-state index in [9.17, 15) is 19.2 Å². The molecule has 0 aromatic heterocycles. The van der Waals surface area contributed by atoms with Gasteiger partial charge in [0.25, 0.3) is 17.6 Å². The molecule has 2 aliphatic rings. The lowest BCUT2D eigenvalue weighted by Crippen LogP contribution is -2.29. The number of hydrogen-bond acceptors (Lipinski definition) is 4. The van der Waals surface area contributed by atoms with E-state index >= 15 is 0 Å². The molecule has 0 fully saturated rings. The molecule has 31 heavy (non-hydrogen) atoms. The molecule has 6 heteroatoms. The fourth-order valence-electron chi connectivity index (χ4n) is 3.80. The van der Waals surface area contributed by atoms with Gasteiger partial charge in [0.1, 0.15) is 0 Å². The van der Waals surface area contributed by atoms with Gasteiger partial charge in [0.2, 0.25) is 0 Å². The number of carbonyl (C=O) groups excluding carboxylic acids is 4. The van der Waals surface area contributed by atoms with E-state index in [1.807, 2.05) is 13.8 Å². The smallest absolute Gasteiger partial charge is 0.283 e. The Hall–Kier alpha value is -4.06. The summed E-state index contributed by atoms with van der Waals surface area (Å²) in [6.45, 7) is 4.08. The zero-order chi connectivity index (χ0) is 22.1. The monoisotopic (exact) mass is 412 g/mol. The van der Waals surface area contributed by atoms with E-state index in [0.29, 0.717) is 33.6 Å². The van der Waals surface area contributed by atoms with Gasteiger partial charge in [-0.2, -0.15) is 0 Å². The summed E-state index contributed by atoms with van der Waals surface area (Å²) < 4.78 is 0. The number of fused-ring (bicyclic) bond motifs is 2. The van der Waals surface area contributed by atoms with Crippen molar-refractivity contribution in [1.29, 1.82) is 0 Å². The van der Waals surface area contributed by atoms with E-state index in [1.165, 1.54) is 9.80 Å². The molecule has 3 aromatic carbocycles. The lowest BCUT2D eigenvalue weighted by Gasteiger charge is -2.19. The first-order valence-corrected chi connectivity index (χ1v) is 10.1. The van der Waals surface area contributed by atoms with E-state index in [0.717, 1.165) is 0 Å². The van der Waals surface area contributed by atoms with Gasteiger partial charge in [0.15, 0.2) is 0 Å². The molecule has 0 bridgehead atoms. The van der Waals surface area contributed by atoms with Gasteiger partial charge in [-0.05, 0) is 42.0 Å². The first-order valence-electron chi connectivity index (χ1n) is 10.1. The van der Waals surface area contributed by atoms with Crippen LogP contribution in [0.4, 0.5) is 11.4 Å². The standard InChI is InChI=1S/C23H14N2O4.C2H6/c26-20-18-10-3-4-11-19(18)25(23(20)29)15-7-5-6-14(12-15)13-24-21(27)16-8-1-2-9-17(16)22(24)28;1-2/h1-12H,13H2;1-2H3. The fraction of sp³-hybridized carbons (Fsp3) is 0.120. The summed E-state index contributed by atoms with van der Waals surface area (Å²) in [5, 5.41) is 0. The van der Waals surface area contributed by atoms with Crippen molar-refractivity contribution in [3.63, 3.8) is 0 Å². The Morgan fingerprint density at radius 2 is 1.23 bits per heavy atom. The van der Waals surface area contributed by atoms with Crippen LogP contribution in [0.5, 0.6) is 0 Å². The Labute approximate surface area is 179 Å². The minimum Gasteiger partial charge on any atom is -0.283 e. The van der Waals surface area contributed by atoms with Crippen molar-refractivity contribution in [2.75, 3.05) is 4.90 Å². The molecule has 0 radical (unpaired) electrons. The number of ketones is 1. The molecule has 0 N–H and O–H groups in total. The Morgan fingerprint density at radius 1 is 0.645 bits per heavy atom. The number of Topliss-reactive ketones (excluding diaryl/α,β-unsaturated/α-hetero) is 1. The van der Waals surface area contributed by atoms with Crippen LogP contribution in [-0.4, -0.2) is 28.4 Å². The van der Waals surface area contributed by atoms with E-state index in [1.54, 1.807) is 72.8 Å². The molecule has 3 aromatic rings. The second kappa shape index (κ2) is 7.99. The molecule has 3 amide bonds. The van der Waals surface area contributed by atoms with Crippen molar-refractivity contribution in [3.8, 4) is 0 Å². The van der Waals surface area contributed by atoms with Crippen molar-refractivity contribution in [3.05, 3.63) is 95.1 Å². The van der Waals surface area contributed by atoms with Crippen LogP contribution in [0, 0.1) is 0 Å². The van der Waals surface area contributed by atoms with Crippen molar-refractivity contribution in [2.24, 2.45) is 0 Å². The minimum atomic E-state index is -0.621. The van der Waals surface area contributed by atoms with Crippen molar-refractivity contribution >= 4 is 34.9 Å². The first-order chi connectivity index (χ1) is 15.1. The van der Waals surface area contributed by atoms with Crippen LogP contribution < -0.4 is 4.90 Å². The Bertz CT molecular complexity index is 1200. The fourth-order valence-corrected chi connectivity index (χ4v) is 3.80. The maximum atomic E-state index is 12.6. The van der Waals surface area contributed by atoms with Crippen LogP contribution >= 0.6 is 0 Å². The highest BCUT2D eigenvalue weighted by Gasteiger charge is 2.37. The number of amides is 3. The van der Waals surface area contributed by atoms with Gasteiger partial charge in [-0.15, -0.1) is 0 Å². The van der Waals surface area contributed by atoms with E-state index in [4.69, 9.17) is 0 Å². The second-order valence-electron chi connectivity index (χ2n) is 6.90. The minimum absolute atomic E-state index is 0.0812. The summed E-state index contributed by atoms with van der Waals surface area (Å²) in [7, 11) is 0. The topological polar surface area (TPSA) is 74.8 Å². The van der Waals surface area contributed by atoms with Crippen LogP contribution in [0.1, 0.15) is 50.5 Å². The highest BCUT2D eigenvalue weighted by atomic mass is 16.2. The number of carbonyl (C=O) groups is 4. The van der Waals surface area contributed by atoms with E-state index in [-0.39, 0.29) is 18.4 Å². The van der Waals surface area contributed by atoms with Gasteiger partial charge in [-0.25, -0.2) is 0 Å². The quantitative estimate of drug-likeness (QED) is 0.473. The average molecular weight is 412 g/mol. The van der Waals surface area contributed by atoms with Crippen molar-refractivity contribution in [1.82, 2.24) is 4.90 Å². The molecule has 0 spiro atoms. The molecule has 0 saturated carbocycles. The first kappa shape index (κ1) is 20.2. The predicted octanol–water partition coefficient (Wildman–Crippen LogP) is 4.37. The third kappa shape index (κ3) is 3.22. The summed E-state index contributed by atoms with van der Waals surface area (Å²) in [6, 6.07) is 20.5. The summed E-state index contributed by atoms with van der Waals surface area (Å²) in [6.07, 6.45) is 0. The van der Waals surface area contributed by atoms with Gasteiger partial charge in [-0.3, -0.25) is 29.0 Å². The molecular weight excluding hydrogens is 392 g/mol. The molecule has 154 valence electrons. The molecule has 0 aliphatic carbocycles. The molecule has 0 saturated heterocycles. The van der Waals surface area contributed by atoms with Crippen LogP contribution in [0.3, 0.4) is 0 Å². The molecule has 0 atom stereocenters. The van der Waals surface area contributed by atoms with Crippen LogP contribution in [0.15, 0.2) is 72.8 Å². The summed E-state index contributed by atoms with van der Waals surface area (Å²) in [5.74, 6) is -1.85. The van der Waals surface area contributed by atoms with Gasteiger partial charge in [0, 0.05) is 5.69 Å². The number of anilines is 2. The molecule has 5 rings (SSSR count). The number of benzene rings is 3. The summed E-state index contributed by atoms with van der Waals surface area (Å²) >= 11 is 0. The number of imide groups is 1. The molecule has 6 nitrogen and oxygen atoms in total. The summed E-state index contributed by atoms with van der Waals surface area (Å²) in [4.78, 5) is 52.6. The third-order valence-corrected chi connectivity index (χ3v) is 5.17. The Balaban J connectivity index is 0.00000112. The Morgan fingerprint density at radius 3 is 1.87 bits per heavy atom. The SMILES string of the molecule is CC.O=C1C(=O)N(c2cccc(CN3C(=O)c4ccccc4C3=O)c2)c2ccccc21. The molecule has 0 unspecified atom stereocenters. The molecule has 2 heterocycles. The molecular formula is C25H20N2O4. The zero-order valence-electron chi connectivity index (χ0n) is 17.2. The van der Waals surface area contributed by atoms with E-state index in [2.05, 4.69) is 0 Å². The van der Waals surface area contributed by atoms with Gasteiger partial charge >= 0.3 is 5.91 Å². The molecule has 2 aliphatic heterocycles. The second-order valence-corrected chi connectivity index (χ2v) is 6.90. The number of para-hydroxylation sites is 1. The predicted molar refractivity (Wildman–Crippen MR) is 116 cm³/mol. The number of rotatable bonds is 3. The van der Waals surface area contributed by atoms with Gasteiger partial charge < -0.3 is 0 Å². The third-order valence-electron chi connectivity index (χ3n) is 5.17. The number of hydrogen-bond donors (Lipinski definition) is 0. The van der Waals surface area contributed by atoms with Crippen LogP contribution in [-0.2, 0) is 11.3 Å². The van der Waals surface area contributed by atoms with Gasteiger partial charge in [-0.1, -0.05) is 50.2 Å². The lowest BCUT2D eigenvalue weighted by atomic mass is 10.1. The maximum Gasteiger partial charge on any atom is 0.304 e. The van der Waals surface area contributed by atoms with Crippen LogP contribution in [0.25, 0.3) is 0 Å². The number of nitrogens with zero attached hydrogens (tertiary/aromatic N) is 2. The van der Waals surface area contributed by atoms with E-state index < -0.39 is 11.7 Å². The average Bonchev–Trinajstić information content (AvgIpc) is 3.21. The largest absolute Gasteiger partial charge is 0.304 e. The van der Waals surface area contributed by atoms with Crippen molar-refractivity contribution < 1.29 is 19.2 Å². The van der Waals surface area contributed by atoms with Crippen LogP contribution in [0.2, 0.25) is 0 Å². The summed E-state index contributed by atoms with van der Waals surface area (Å²) in [5.41, 5.74) is 2.87.